The number of nitrogens with one attached hydrogen (secondary N) is 1. The molecule has 2 heterocycles. The van der Waals surface area contributed by atoms with Crippen LogP contribution < -0.4 is 10.9 Å². The molecule has 0 aliphatic rings. The van der Waals surface area contributed by atoms with Gasteiger partial charge >= 0.3 is 5.97 Å². The second-order valence-electron chi connectivity index (χ2n) is 5.06. The Balaban J connectivity index is 2.17. The minimum atomic E-state index is -0.773. The molecule has 0 aliphatic heterocycles. The highest BCUT2D eigenvalue weighted by molar-refractivity contribution is 5.95. The van der Waals surface area contributed by atoms with Crippen LogP contribution in [0.3, 0.4) is 0 Å². The second-order valence-corrected chi connectivity index (χ2v) is 5.06. The topological polar surface area (TPSA) is 102 Å². The number of pyridine rings is 1. The maximum Gasteiger partial charge on any atom is 0.347 e. The van der Waals surface area contributed by atoms with Crippen LogP contribution in [0.25, 0.3) is 5.65 Å². The number of nitrogens with zero attached hydrogens (tertiary/aromatic N) is 3. The zero-order chi connectivity index (χ0) is 17.8. The number of carbonyl (C=O) groups is 1. The van der Waals surface area contributed by atoms with Gasteiger partial charge in [0.2, 0.25) is 0 Å². The number of nitroso groups, excluding NO2 is 1. The lowest BCUT2D eigenvalue weighted by atomic mass is 10.2. The number of esters is 1. The molecule has 0 aliphatic carbocycles. The Morgan fingerprint density at radius 1 is 1.28 bits per heavy atom. The van der Waals surface area contributed by atoms with Crippen molar-refractivity contribution in [1.82, 2.24) is 9.38 Å². The van der Waals surface area contributed by atoms with Crippen LogP contribution >= 0.6 is 0 Å². The molecule has 0 bridgehead atoms. The third-order valence-corrected chi connectivity index (χ3v) is 3.43. The van der Waals surface area contributed by atoms with Gasteiger partial charge < -0.3 is 10.1 Å². The van der Waals surface area contributed by atoms with Crippen LogP contribution in [0.4, 0.5) is 17.2 Å². The Kier molecular flexibility index (Phi) is 4.51. The summed E-state index contributed by atoms with van der Waals surface area (Å²) >= 11 is 0. The van der Waals surface area contributed by atoms with Crippen LogP contribution in [0.5, 0.6) is 0 Å². The predicted octanol–water partition coefficient (Wildman–Crippen LogP) is 3.01. The molecule has 0 unspecified atom stereocenters. The Morgan fingerprint density at radius 2 is 2.12 bits per heavy atom. The Bertz CT molecular complexity index is 1010. The van der Waals surface area contributed by atoms with Crippen molar-refractivity contribution in [2.24, 2.45) is 5.18 Å². The Morgan fingerprint density at radius 3 is 2.88 bits per heavy atom. The van der Waals surface area contributed by atoms with E-state index in [9.17, 15) is 14.5 Å². The molecule has 0 amide bonds. The van der Waals surface area contributed by atoms with Gasteiger partial charge in [0, 0.05) is 11.9 Å². The molecule has 1 aromatic carbocycles. The molecule has 0 saturated heterocycles. The van der Waals surface area contributed by atoms with E-state index in [0.717, 1.165) is 0 Å². The van der Waals surface area contributed by atoms with Crippen molar-refractivity contribution in [3.05, 3.63) is 69.5 Å². The summed E-state index contributed by atoms with van der Waals surface area (Å²) in [5.41, 5.74) is 0.286. The van der Waals surface area contributed by atoms with Gasteiger partial charge in [0.05, 0.1) is 6.61 Å². The average Bonchev–Trinajstić information content (AvgIpc) is 2.62. The van der Waals surface area contributed by atoms with Gasteiger partial charge in [0.15, 0.2) is 11.4 Å². The fourth-order valence-corrected chi connectivity index (χ4v) is 2.34. The molecule has 25 heavy (non-hydrogen) atoms. The summed E-state index contributed by atoms with van der Waals surface area (Å²) in [4.78, 5) is 40.0. The first kappa shape index (κ1) is 16.3. The molecule has 0 spiro atoms. The fourth-order valence-electron chi connectivity index (χ4n) is 2.34. The average molecular weight is 338 g/mol. The van der Waals surface area contributed by atoms with E-state index >= 15 is 0 Å². The van der Waals surface area contributed by atoms with Crippen molar-refractivity contribution in [2.45, 2.75) is 6.92 Å². The first-order chi connectivity index (χ1) is 12.1. The zero-order valence-corrected chi connectivity index (χ0v) is 13.3. The number of anilines is 2. The SMILES string of the molecule is CCOC(=O)c1c(Nc2cccc(N=O)c2)nc2ccccn2c1=O. The Labute approximate surface area is 142 Å². The van der Waals surface area contributed by atoms with Gasteiger partial charge in [-0.1, -0.05) is 12.1 Å². The number of hydrogen-bond donors (Lipinski definition) is 1. The van der Waals surface area contributed by atoms with E-state index in [-0.39, 0.29) is 23.7 Å². The van der Waals surface area contributed by atoms with Gasteiger partial charge in [-0.15, -0.1) is 4.91 Å². The highest BCUT2D eigenvalue weighted by Crippen LogP contribution is 2.22. The van der Waals surface area contributed by atoms with Gasteiger partial charge in [-0.25, -0.2) is 9.78 Å². The summed E-state index contributed by atoms with van der Waals surface area (Å²) in [6, 6.07) is 11.3. The molecule has 2 aromatic heterocycles. The summed E-state index contributed by atoms with van der Waals surface area (Å²) in [6.45, 7) is 1.77. The van der Waals surface area contributed by atoms with Crippen LogP contribution in [0.2, 0.25) is 0 Å². The smallest absolute Gasteiger partial charge is 0.347 e. The number of carbonyl (C=O) groups excluding carboxylic acids is 1. The highest BCUT2D eigenvalue weighted by atomic mass is 16.5. The number of aromatic nitrogens is 2. The number of fused-ring (bicyclic) bond motifs is 1. The first-order valence-electron chi connectivity index (χ1n) is 7.53. The van der Waals surface area contributed by atoms with Crippen molar-refractivity contribution >= 4 is 28.8 Å². The molecule has 3 aromatic rings. The predicted molar refractivity (Wildman–Crippen MR) is 92.6 cm³/mol. The van der Waals surface area contributed by atoms with Gasteiger partial charge in [0.25, 0.3) is 5.56 Å². The van der Waals surface area contributed by atoms with E-state index in [1.54, 1.807) is 37.3 Å². The summed E-state index contributed by atoms with van der Waals surface area (Å²) in [6.07, 6.45) is 1.52. The van der Waals surface area contributed by atoms with E-state index in [2.05, 4.69) is 15.5 Å². The minimum Gasteiger partial charge on any atom is -0.462 e. The fraction of sp³-hybridized carbons (Fsp3) is 0.118. The van der Waals surface area contributed by atoms with Crippen molar-refractivity contribution in [2.75, 3.05) is 11.9 Å². The van der Waals surface area contributed by atoms with Crippen molar-refractivity contribution < 1.29 is 9.53 Å². The van der Waals surface area contributed by atoms with E-state index in [4.69, 9.17) is 4.74 Å². The lowest BCUT2D eigenvalue weighted by molar-refractivity contribution is 0.0525. The monoisotopic (exact) mass is 338 g/mol. The molecule has 8 nitrogen and oxygen atoms in total. The second kappa shape index (κ2) is 6.91. The lowest BCUT2D eigenvalue weighted by Crippen LogP contribution is -2.26. The van der Waals surface area contributed by atoms with Crippen LogP contribution in [-0.2, 0) is 4.74 Å². The van der Waals surface area contributed by atoms with Gasteiger partial charge in [-0.05, 0) is 42.4 Å². The van der Waals surface area contributed by atoms with Gasteiger partial charge in [-0.3, -0.25) is 9.20 Å². The van der Waals surface area contributed by atoms with E-state index in [1.165, 1.54) is 22.7 Å². The van der Waals surface area contributed by atoms with Crippen LogP contribution in [0.15, 0.2) is 58.6 Å². The molecule has 0 fully saturated rings. The Hall–Kier alpha value is -3.55. The molecule has 0 atom stereocenters. The number of ether oxygens (including phenoxy) is 1. The quantitative estimate of drug-likeness (QED) is 0.567. The number of rotatable bonds is 5. The molecule has 126 valence electrons. The molecular formula is C17H14N4O4. The lowest BCUT2D eigenvalue weighted by Gasteiger charge is -2.12. The maximum atomic E-state index is 12.7. The molecule has 0 saturated carbocycles. The van der Waals surface area contributed by atoms with Crippen molar-refractivity contribution in [1.29, 1.82) is 0 Å². The largest absolute Gasteiger partial charge is 0.462 e. The van der Waals surface area contributed by atoms with Crippen LogP contribution in [0, 0.1) is 4.91 Å². The third kappa shape index (κ3) is 3.23. The highest BCUT2D eigenvalue weighted by Gasteiger charge is 2.21. The molecular weight excluding hydrogens is 324 g/mol. The maximum absolute atomic E-state index is 12.7. The number of benzene rings is 1. The summed E-state index contributed by atoms with van der Waals surface area (Å²) in [7, 11) is 0. The zero-order valence-electron chi connectivity index (χ0n) is 13.3. The molecule has 1 N–H and O–H groups in total. The first-order valence-corrected chi connectivity index (χ1v) is 7.53. The summed E-state index contributed by atoms with van der Waals surface area (Å²) in [5, 5.41) is 5.75. The van der Waals surface area contributed by atoms with E-state index in [0.29, 0.717) is 11.3 Å². The van der Waals surface area contributed by atoms with Gasteiger partial charge in [0.1, 0.15) is 11.3 Å². The third-order valence-electron chi connectivity index (χ3n) is 3.43. The van der Waals surface area contributed by atoms with E-state index in [1.807, 2.05) is 0 Å². The van der Waals surface area contributed by atoms with E-state index < -0.39 is 11.5 Å². The van der Waals surface area contributed by atoms with Crippen molar-refractivity contribution in [3.63, 3.8) is 0 Å². The molecule has 3 rings (SSSR count). The van der Waals surface area contributed by atoms with Crippen LogP contribution in [-0.4, -0.2) is 22.0 Å². The van der Waals surface area contributed by atoms with Gasteiger partial charge in [-0.2, -0.15) is 0 Å². The van der Waals surface area contributed by atoms with Crippen LogP contribution in [0.1, 0.15) is 17.3 Å². The van der Waals surface area contributed by atoms with Crippen molar-refractivity contribution in [3.8, 4) is 0 Å². The summed E-state index contributed by atoms with van der Waals surface area (Å²) in [5.74, 6) is -0.719. The minimum absolute atomic E-state index is 0.0534. The number of hydrogen-bond acceptors (Lipinski definition) is 7. The molecule has 0 radical (unpaired) electrons. The molecule has 8 heteroatoms. The normalized spacial score (nSPS) is 10.4. The standard InChI is InChI=1S/C17H14N4O4/c1-2-25-17(23)14-15(18-11-6-5-7-12(10-11)20-24)19-13-8-3-4-9-21(13)16(14)22/h3-10,18H,2H2,1H3. The summed E-state index contributed by atoms with van der Waals surface area (Å²) < 4.78 is 6.24.